The fourth-order valence-corrected chi connectivity index (χ4v) is 2.83. The van der Waals surface area contributed by atoms with Crippen LogP contribution in [0.15, 0.2) is 52.5 Å². The fraction of sp³-hybridized carbons (Fsp3) is 0.133. The summed E-state index contributed by atoms with van der Waals surface area (Å²) in [5.41, 5.74) is 0.485. The van der Waals surface area contributed by atoms with Crippen molar-refractivity contribution in [2.45, 2.75) is 11.1 Å². The maximum absolute atomic E-state index is 12.9. The number of alkyl halides is 3. The number of rotatable bonds is 2. The van der Waals surface area contributed by atoms with Gasteiger partial charge >= 0.3 is 13.2 Å². The normalized spacial score (nSPS) is 14.1. The number of thioether (sulfide) groups is 1. The molecule has 0 bridgehead atoms. The van der Waals surface area contributed by atoms with Gasteiger partial charge in [-0.1, -0.05) is 18.2 Å². The van der Waals surface area contributed by atoms with Gasteiger partial charge in [0.05, 0.1) is 11.8 Å². The molecule has 118 valence electrons. The number of benzene rings is 2. The van der Waals surface area contributed by atoms with Gasteiger partial charge in [-0.15, -0.1) is 11.8 Å². The largest absolute Gasteiger partial charge is 0.471 e. The topological polar surface area (TPSA) is 35.8 Å². The Labute approximate surface area is 135 Å². The molecule has 1 N–H and O–H groups in total. The van der Waals surface area contributed by atoms with E-state index in [0.717, 1.165) is 17.0 Å². The Kier molecular flexibility index (Phi) is 4.12. The number of hydrogen-bond acceptors (Lipinski definition) is 4. The van der Waals surface area contributed by atoms with Crippen molar-refractivity contribution < 1.29 is 18.2 Å². The third kappa shape index (κ3) is 3.09. The molecule has 8 heteroatoms. The van der Waals surface area contributed by atoms with E-state index < -0.39 is 18.8 Å². The summed E-state index contributed by atoms with van der Waals surface area (Å²) < 4.78 is 38.6. The lowest BCUT2D eigenvalue weighted by Gasteiger charge is -2.27. The summed E-state index contributed by atoms with van der Waals surface area (Å²) in [6.07, 6.45) is -1.08. The van der Waals surface area contributed by atoms with Crippen molar-refractivity contribution in [3.8, 4) is 0 Å². The third-order valence-electron chi connectivity index (χ3n) is 3.56. The number of halogens is 3. The quantitative estimate of drug-likeness (QED) is 0.677. The number of anilines is 1. The minimum absolute atomic E-state index is 0.185. The SMILES string of the molecule is CSc1cccc(N2N=Cc3ccc(C(F)(F)F)cc3B2O)c1. The molecule has 0 aromatic heterocycles. The van der Waals surface area contributed by atoms with Crippen molar-refractivity contribution >= 4 is 36.2 Å². The van der Waals surface area contributed by atoms with Gasteiger partial charge in [0, 0.05) is 10.6 Å². The Hall–Kier alpha value is -1.93. The summed E-state index contributed by atoms with van der Waals surface area (Å²) in [5.74, 6) is 0. The van der Waals surface area contributed by atoms with Crippen molar-refractivity contribution in [3.05, 3.63) is 53.6 Å². The molecule has 0 atom stereocenters. The number of nitrogens with zero attached hydrogens (tertiary/aromatic N) is 2. The average molecular weight is 336 g/mol. The van der Waals surface area contributed by atoms with E-state index in [1.807, 2.05) is 24.5 Å². The molecule has 0 saturated carbocycles. The zero-order valence-electron chi connectivity index (χ0n) is 12.1. The number of hydrazone groups is 1. The Morgan fingerprint density at radius 3 is 2.65 bits per heavy atom. The molecule has 1 aliphatic rings. The van der Waals surface area contributed by atoms with E-state index in [-0.39, 0.29) is 5.46 Å². The van der Waals surface area contributed by atoms with Crippen molar-refractivity contribution in [1.82, 2.24) is 0 Å². The van der Waals surface area contributed by atoms with Crippen LogP contribution in [-0.2, 0) is 6.18 Å². The molecule has 0 spiro atoms. The van der Waals surface area contributed by atoms with Crippen molar-refractivity contribution in [2.24, 2.45) is 5.10 Å². The average Bonchev–Trinajstić information content (AvgIpc) is 2.54. The maximum atomic E-state index is 12.9. The van der Waals surface area contributed by atoms with Crippen LogP contribution in [0.1, 0.15) is 11.1 Å². The maximum Gasteiger partial charge on any atom is 0.471 e. The van der Waals surface area contributed by atoms with Crippen LogP contribution < -0.4 is 10.4 Å². The van der Waals surface area contributed by atoms with E-state index in [4.69, 9.17) is 0 Å². The summed E-state index contributed by atoms with van der Waals surface area (Å²) in [5, 5.41) is 14.6. The predicted octanol–water partition coefficient (Wildman–Crippen LogP) is 2.97. The Morgan fingerprint density at radius 1 is 1.17 bits per heavy atom. The minimum atomic E-state index is -4.45. The first-order chi connectivity index (χ1) is 10.9. The molecule has 2 aromatic carbocycles. The Balaban J connectivity index is 2.00. The van der Waals surface area contributed by atoms with Crippen LogP contribution in [0.5, 0.6) is 0 Å². The van der Waals surface area contributed by atoms with E-state index in [0.29, 0.717) is 11.3 Å². The molecule has 0 fully saturated rings. The molecule has 2 aromatic rings. The first-order valence-electron chi connectivity index (χ1n) is 6.76. The first kappa shape index (κ1) is 16.0. The second-order valence-electron chi connectivity index (χ2n) is 5.01. The summed E-state index contributed by atoms with van der Waals surface area (Å²) >= 11 is 1.53. The van der Waals surface area contributed by atoms with Gasteiger partial charge in [0.1, 0.15) is 0 Å². The minimum Gasteiger partial charge on any atom is -0.427 e. The molecule has 1 heterocycles. The van der Waals surface area contributed by atoms with Crippen molar-refractivity contribution in [2.75, 3.05) is 11.2 Å². The molecule has 0 amide bonds. The van der Waals surface area contributed by atoms with Gasteiger partial charge in [0.2, 0.25) is 0 Å². The Morgan fingerprint density at radius 2 is 1.96 bits per heavy atom. The van der Waals surface area contributed by atoms with Crippen molar-refractivity contribution in [1.29, 1.82) is 0 Å². The summed E-state index contributed by atoms with van der Waals surface area (Å²) in [7, 11) is -1.27. The zero-order chi connectivity index (χ0) is 16.6. The van der Waals surface area contributed by atoms with Gasteiger partial charge in [0.15, 0.2) is 0 Å². The van der Waals surface area contributed by atoms with E-state index >= 15 is 0 Å². The highest BCUT2D eigenvalue weighted by molar-refractivity contribution is 7.98. The van der Waals surface area contributed by atoms with E-state index in [9.17, 15) is 18.2 Å². The van der Waals surface area contributed by atoms with Crippen LogP contribution in [0.2, 0.25) is 0 Å². The highest BCUT2D eigenvalue weighted by Crippen LogP contribution is 2.30. The van der Waals surface area contributed by atoms with Gasteiger partial charge in [-0.25, -0.2) is 0 Å². The third-order valence-corrected chi connectivity index (χ3v) is 4.29. The molecule has 0 radical (unpaired) electrons. The van der Waals surface area contributed by atoms with E-state index in [1.54, 1.807) is 6.07 Å². The molecular weight excluding hydrogens is 324 g/mol. The molecule has 3 rings (SSSR count). The van der Waals surface area contributed by atoms with Crippen LogP contribution in [0.25, 0.3) is 0 Å². The van der Waals surface area contributed by atoms with Crippen molar-refractivity contribution in [3.63, 3.8) is 0 Å². The van der Waals surface area contributed by atoms with Crippen LogP contribution >= 0.6 is 11.8 Å². The van der Waals surface area contributed by atoms with Crippen LogP contribution in [-0.4, -0.2) is 24.5 Å². The first-order valence-corrected chi connectivity index (χ1v) is 7.99. The van der Waals surface area contributed by atoms with Crippen LogP contribution in [0.4, 0.5) is 18.9 Å². The molecule has 0 unspecified atom stereocenters. The van der Waals surface area contributed by atoms with Gasteiger partial charge in [0.25, 0.3) is 0 Å². The zero-order valence-corrected chi connectivity index (χ0v) is 12.9. The van der Waals surface area contributed by atoms with Gasteiger partial charge < -0.3 is 5.02 Å². The second kappa shape index (κ2) is 5.94. The highest BCUT2D eigenvalue weighted by atomic mass is 32.2. The van der Waals surface area contributed by atoms with E-state index in [2.05, 4.69) is 5.10 Å². The Bertz CT molecular complexity index is 767. The monoisotopic (exact) mass is 336 g/mol. The van der Waals surface area contributed by atoms with Crippen LogP contribution in [0.3, 0.4) is 0 Å². The molecule has 0 saturated heterocycles. The molecule has 3 nitrogen and oxygen atoms in total. The fourth-order valence-electron chi connectivity index (χ4n) is 2.37. The lowest BCUT2D eigenvalue weighted by molar-refractivity contribution is -0.137. The number of fused-ring (bicyclic) bond motifs is 1. The lowest BCUT2D eigenvalue weighted by Crippen LogP contribution is -2.50. The molecular formula is C15H12BF3N2OS. The van der Waals surface area contributed by atoms with E-state index in [1.165, 1.54) is 29.0 Å². The summed E-state index contributed by atoms with van der Waals surface area (Å²) in [4.78, 5) is 2.28. The number of hydrogen-bond donors (Lipinski definition) is 1. The van der Waals surface area contributed by atoms with Gasteiger partial charge in [-0.05, 0) is 41.5 Å². The summed E-state index contributed by atoms with van der Waals surface area (Å²) in [6.45, 7) is 0. The predicted molar refractivity (Wildman–Crippen MR) is 87.3 cm³/mol. The molecule has 0 aliphatic carbocycles. The van der Waals surface area contributed by atoms with Gasteiger partial charge in [-0.2, -0.15) is 18.3 Å². The second-order valence-corrected chi connectivity index (χ2v) is 5.89. The van der Waals surface area contributed by atoms with Crippen LogP contribution in [0, 0.1) is 0 Å². The standard InChI is InChI=1S/C15H12BF3N2OS/c1-23-13-4-2-3-12(8-13)21-16(22)14-7-11(15(17,18)19)6-5-10(14)9-20-21/h2-9,22H,1H3. The smallest absolute Gasteiger partial charge is 0.427 e. The highest BCUT2D eigenvalue weighted by Gasteiger charge is 2.35. The molecule has 1 aliphatic heterocycles. The lowest BCUT2D eigenvalue weighted by atomic mass is 9.69. The summed E-state index contributed by atoms with van der Waals surface area (Å²) in [6, 6.07) is 10.6. The van der Waals surface area contributed by atoms with Gasteiger partial charge in [-0.3, -0.25) is 4.92 Å². The molecule has 23 heavy (non-hydrogen) atoms.